The van der Waals surface area contributed by atoms with Gasteiger partial charge < -0.3 is 9.80 Å². The second-order valence-corrected chi connectivity index (χ2v) is 9.89. The van der Waals surface area contributed by atoms with Gasteiger partial charge in [0.05, 0.1) is 23.1 Å². The number of benzene rings is 1. The Morgan fingerprint density at radius 1 is 1.07 bits per heavy atom. The van der Waals surface area contributed by atoms with Crippen molar-refractivity contribution in [2.24, 2.45) is 0 Å². The lowest BCUT2D eigenvalue weighted by molar-refractivity contribution is -0.140. The lowest BCUT2D eigenvalue weighted by Gasteiger charge is -2.39. The second-order valence-electron chi connectivity index (χ2n) is 7.58. The molecule has 3 rings (SSSR count). The fourth-order valence-corrected chi connectivity index (χ4v) is 5.00. The van der Waals surface area contributed by atoms with Crippen LogP contribution in [0, 0.1) is 5.82 Å². The summed E-state index contributed by atoms with van der Waals surface area (Å²) in [5, 5.41) is 0. The number of urea groups is 1. The summed E-state index contributed by atoms with van der Waals surface area (Å²) in [6, 6.07) is 1.19. The van der Waals surface area contributed by atoms with E-state index < -0.39 is 39.5 Å². The normalized spacial score (nSPS) is 22.1. The van der Waals surface area contributed by atoms with Crippen LogP contribution < -0.4 is 0 Å². The van der Waals surface area contributed by atoms with Crippen molar-refractivity contribution in [3.63, 3.8) is 0 Å². The highest BCUT2D eigenvalue weighted by molar-refractivity contribution is 7.91. The molecule has 0 unspecified atom stereocenters. The first kappa shape index (κ1) is 22.5. The van der Waals surface area contributed by atoms with E-state index in [0.717, 1.165) is 6.07 Å². The first-order chi connectivity index (χ1) is 14.0. The predicted octanol–water partition coefficient (Wildman–Crippen LogP) is 2.66. The number of alkyl halides is 3. The molecule has 0 aromatic heterocycles. The third-order valence-electron chi connectivity index (χ3n) is 5.45. The molecule has 0 N–H and O–H groups in total. The lowest BCUT2D eigenvalue weighted by Crippen LogP contribution is -2.56. The summed E-state index contributed by atoms with van der Waals surface area (Å²) in [6.07, 6.45) is -3.31. The lowest BCUT2D eigenvalue weighted by atomic mass is 9.94. The molecule has 30 heavy (non-hydrogen) atoms. The molecule has 1 atom stereocenters. The average Bonchev–Trinajstić information content (AvgIpc) is 2.66. The number of rotatable bonds is 3. The first-order valence-electron chi connectivity index (χ1n) is 9.62. The number of carbonyl (C=O) groups is 2. The van der Waals surface area contributed by atoms with Crippen LogP contribution >= 0.6 is 0 Å². The van der Waals surface area contributed by atoms with Crippen molar-refractivity contribution in [2.45, 2.75) is 37.9 Å². The molecule has 2 saturated heterocycles. The SMILES string of the molecule is O=C(Cc1ccc(C(F)(F)F)c(F)c1)[C@@H]1CCCCN1C(=O)N1CCS(=O)(=O)CC1. The molecule has 6 nitrogen and oxygen atoms in total. The number of likely N-dealkylation sites (tertiary alicyclic amines) is 1. The smallest absolute Gasteiger partial charge is 0.323 e. The maximum atomic E-state index is 13.8. The Hall–Kier alpha value is -2.17. The van der Waals surface area contributed by atoms with Crippen LogP contribution in [-0.4, -0.2) is 67.2 Å². The highest BCUT2D eigenvalue weighted by Crippen LogP contribution is 2.32. The third kappa shape index (κ3) is 5.11. The van der Waals surface area contributed by atoms with Crippen LogP contribution in [0.3, 0.4) is 0 Å². The minimum Gasteiger partial charge on any atom is -0.323 e. The maximum absolute atomic E-state index is 13.8. The molecular formula is C19H22F4N2O4S. The zero-order valence-corrected chi connectivity index (χ0v) is 16.9. The molecular weight excluding hydrogens is 428 g/mol. The van der Waals surface area contributed by atoms with Gasteiger partial charge >= 0.3 is 12.2 Å². The Balaban J connectivity index is 1.71. The van der Waals surface area contributed by atoms with Crippen molar-refractivity contribution >= 4 is 21.7 Å². The summed E-state index contributed by atoms with van der Waals surface area (Å²) < 4.78 is 75.1. The highest BCUT2D eigenvalue weighted by Gasteiger charge is 2.37. The summed E-state index contributed by atoms with van der Waals surface area (Å²) in [7, 11) is -3.16. The van der Waals surface area contributed by atoms with E-state index in [1.165, 1.54) is 9.80 Å². The Morgan fingerprint density at radius 2 is 1.73 bits per heavy atom. The fraction of sp³-hybridized carbons (Fsp3) is 0.579. The molecule has 2 amide bonds. The van der Waals surface area contributed by atoms with Gasteiger partial charge in [-0.25, -0.2) is 17.6 Å². The van der Waals surface area contributed by atoms with Gasteiger partial charge in [-0.3, -0.25) is 4.79 Å². The van der Waals surface area contributed by atoms with Gasteiger partial charge in [-0.15, -0.1) is 0 Å². The number of Topliss-reactive ketones (excluding diaryl/α,β-unsaturated/α-hetero) is 1. The maximum Gasteiger partial charge on any atom is 0.419 e. The van der Waals surface area contributed by atoms with E-state index in [9.17, 15) is 35.6 Å². The van der Waals surface area contributed by atoms with Gasteiger partial charge in [0.2, 0.25) is 0 Å². The van der Waals surface area contributed by atoms with Gasteiger partial charge in [-0.1, -0.05) is 6.07 Å². The molecule has 2 fully saturated rings. The molecule has 0 aliphatic carbocycles. The van der Waals surface area contributed by atoms with Gasteiger partial charge in [0.25, 0.3) is 0 Å². The molecule has 2 aliphatic heterocycles. The molecule has 0 saturated carbocycles. The Kier molecular flexibility index (Phi) is 6.40. The quantitative estimate of drug-likeness (QED) is 0.664. The standard InChI is InChI=1S/C19H22F4N2O4S/c20-15-11-13(4-5-14(15)19(21,22)23)12-17(26)16-3-1-2-6-25(16)18(27)24-7-9-30(28,29)10-8-24/h4-5,11,16H,1-3,6-10,12H2/t16-/m0/s1. The molecule has 2 aliphatic rings. The van der Waals surface area contributed by atoms with Crippen LogP contribution in [0.5, 0.6) is 0 Å². The number of nitrogens with zero attached hydrogens (tertiary/aromatic N) is 2. The molecule has 0 bridgehead atoms. The van der Waals surface area contributed by atoms with Crippen molar-refractivity contribution in [3.8, 4) is 0 Å². The summed E-state index contributed by atoms with van der Waals surface area (Å²) in [6.45, 7) is 0.450. The van der Waals surface area contributed by atoms with E-state index in [2.05, 4.69) is 0 Å². The van der Waals surface area contributed by atoms with E-state index in [-0.39, 0.29) is 42.4 Å². The average molecular weight is 450 g/mol. The van der Waals surface area contributed by atoms with E-state index in [4.69, 9.17) is 0 Å². The summed E-state index contributed by atoms with van der Waals surface area (Å²) in [4.78, 5) is 28.5. The number of hydrogen-bond donors (Lipinski definition) is 0. The van der Waals surface area contributed by atoms with E-state index >= 15 is 0 Å². The first-order valence-corrected chi connectivity index (χ1v) is 11.4. The molecule has 0 spiro atoms. The van der Waals surface area contributed by atoms with Gasteiger partial charge in [0.15, 0.2) is 15.6 Å². The number of piperidine rings is 1. The highest BCUT2D eigenvalue weighted by atomic mass is 32.2. The van der Waals surface area contributed by atoms with Crippen LogP contribution in [0.4, 0.5) is 22.4 Å². The Labute approximate surface area is 171 Å². The van der Waals surface area contributed by atoms with Crippen molar-refractivity contribution in [2.75, 3.05) is 31.1 Å². The van der Waals surface area contributed by atoms with Crippen molar-refractivity contribution < 1.29 is 35.6 Å². The molecule has 2 heterocycles. The van der Waals surface area contributed by atoms with Gasteiger partial charge in [-0.2, -0.15) is 13.2 Å². The van der Waals surface area contributed by atoms with Crippen LogP contribution in [0.25, 0.3) is 0 Å². The summed E-state index contributed by atoms with van der Waals surface area (Å²) in [5.74, 6) is -2.09. The molecule has 11 heteroatoms. The summed E-state index contributed by atoms with van der Waals surface area (Å²) >= 11 is 0. The largest absolute Gasteiger partial charge is 0.419 e. The molecule has 1 aromatic rings. The molecule has 1 aromatic carbocycles. The van der Waals surface area contributed by atoms with Gasteiger partial charge in [0.1, 0.15) is 5.82 Å². The molecule has 166 valence electrons. The Bertz CT molecular complexity index is 919. The van der Waals surface area contributed by atoms with E-state index in [0.29, 0.717) is 37.9 Å². The zero-order chi connectivity index (χ0) is 22.1. The Morgan fingerprint density at radius 3 is 2.33 bits per heavy atom. The summed E-state index contributed by atoms with van der Waals surface area (Å²) in [5.41, 5.74) is -1.29. The number of carbonyl (C=O) groups excluding carboxylic acids is 2. The van der Waals surface area contributed by atoms with Crippen LogP contribution in [0.1, 0.15) is 30.4 Å². The van der Waals surface area contributed by atoms with Crippen LogP contribution in [0.15, 0.2) is 18.2 Å². The zero-order valence-electron chi connectivity index (χ0n) is 16.1. The van der Waals surface area contributed by atoms with Crippen molar-refractivity contribution in [3.05, 3.63) is 35.1 Å². The number of ketones is 1. The monoisotopic (exact) mass is 450 g/mol. The van der Waals surface area contributed by atoms with E-state index in [1.54, 1.807) is 0 Å². The number of amides is 2. The predicted molar refractivity (Wildman–Crippen MR) is 100 cm³/mol. The molecule has 0 radical (unpaired) electrons. The second kappa shape index (κ2) is 8.52. The topological polar surface area (TPSA) is 74.8 Å². The van der Waals surface area contributed by atoms with Crippen LogP contribution in [-0.2, 0) is 27.2 Å². The number of halogens is 4. The van der Waals surface area contributed by atoms with Crippen LogP contribution in [0.2, 0.25) is 0 Å². The fourth-order valence-electron chi connectivity index (χ4n) is 3.80. The van der Waals surface area contributed by atoms with Gasteiger partial charge in [0, 0.05) is 26.1 Å². The minimum atomic E-state index is -4.82. The minimum absolute atomic E-state index is 0.0582. The number of hydrogen-bond acceptors (Lipinski definition) is 4. The number of sulfone groups is 1. The van der Waals surface area contributed by atoms with Crippen molar-refractivity contribution in [1.29, 1.82) is 0 Å². The van der Waals surface area contributed by atoms with Gasteiger partial charge in [-0.05, 0) is 37.0 Å². The van der Waals surface area contributed by atoms with Crippen molar-refractivity contribution in [1.82, 2.24) is 9.80 Å². The van der Waals surface area contributed by atoms with E-state index in [1.807, 2.05) is 0 Å². The third-order valence-corrected chi connectivity index (χ3v) is 7.06.